The molecule has 0 amide bonds. The molecule has 0 aromatic carbocycles. The van der Waals surface area contributed by atoms with Crippen LogP contribution in [0, 0.1) is 50.2 Å². The Hall–Kier alpha value is -2.83. The first kappa shape index (κ1) is 62.2. The molecule has 8 aliphatic rings. The van der Waals surface area contributed by atoms with E-state index in [1.165, 1.54) is 6.92 Å². The number of aliphatic carboxylic acids is 1. The summed E-state index contributed by atoms with van der Waals surface area (Å²) < 4.78 is 48.2. The standard InChI is InChI=1S/C55H86O24/c1-10-23(2)46(71)79-43-44(72-24(3)60)55(22-59)26(17-50(43,4)5)25-11-12-30-51(6)15-14-32(52(7,21-58)29(51)13-16-53(30,8)54(25,9)18-31(55)61)75-49-41(77-48-38(67)36(65)34(63)28(20-57)74-48)39(68)40(42(78-49)45(69)70)76-47-37(66)35(64)33(62)27(19-56)73-47/h10-11,26-44,47-49,56-59,61-68H,12-22H2,1-9H3,(H,69,70)/b23-10+/t26-,27+,28+,29+,30+,31+,32-,33+,34+,35-,36-,37+,38+,39-,40-,41+,42-,43?,44-,47-,48-,49+,51-,52+,53+,54+,55-/m0/s1. The van der Waals surface area contributed by atoms with Crippen molar-refractivity contribution in [3.8, 4) is 0 Å². The first-order valence-corrected chi connectivity index (χ1v) is 27.7. The molecular weight excluding hydrogens is 1040 g/mol. The molecule has 1 unspecified atom stereocenters. The molecule has 0 spiro atoms. The minimum atomic E-state index is -2.18. The van der Waals surface area contributed by atoms with Gasteiger partial charge in [0.1, 0.15) is 79.4 Å². The maximum Gasteiger partial charge on any atom is 0.335 e. The van der Waals surface area contributed by atoms with E-state index in [0.29, 0.717) is 37.7 Å². The maximum absolute atomic E-state index is 13.4. The number of rotatable bonds is 14. The van der Waals surface area contributed by atoms with Gasteiger partial charge in [0, 0.05) is 23.3 Å². The van der Waals surface area contributed by atoms with Gasteiger partial charge in [-0.2, -0.15) is 0 Å². The summed E-state index contributed by atoms with van der Waals surface area (Å²) in [6, 6.07) is 0. The molecule has 3 saturated heterocycles. The van der Waals surface area contributed by atoms with Gasteiger partial charge in [0.05, 0.1) is 44.1 Å². The molecule has 8 rings (SSSR count). The summed E-state index contributed by atoms with van der Waals surface area (Å²) >= 11 is 0. The lowest BCUT2D eigenvalue weighted by atomic mass is 9.33. The van der Waals surface area contributed by atoms with E-state index in [9.17, 15) is 80.8 Å². The first-order chi connectivity index (χ1) is 36.9. The molecule has 0 aromatic rings. The van der Waals surface area contributed by atoms with Crippen LogP contribution in [-0.2, 0) is 52.3 Å². The Morgan fingerprint density at radius 1 is 0.658 bits per heavy atom. The average Bonchev–Trinajstić information content (AvgIpc) is 3.29. The zero-order chi connectivity index (χ0) is 58.4. The van der Waals surface area contributed by atoms with Crippen LogP contribution in [0.3, 0.4) is 0 Å². The highest BCUT2D eigenvalue weighted by Crippen LogP contribution is 2.76. The molecule has 7 fully saturated rings. The second kappa shape index (κ2) is 22.6. The quantitative estimate of drug-likeness (QED) is 0.0415. The molecule has 24 nitrogen and oxygen atoms in total. The van der Waals surface area contributed by atoms with Crippen LogP contribution < -0.4 is 0 Å². The number of aliphatic hydroxyl groups is 12. The maximum atomic E-state index is 13.4. The highest BCUT2D eigenvalue weighted by molar-refractivity contribution is 5.87. The molecular formula is C55H86O24. The molecule has 27 atom stereocenters. The minimum absolute atomic E-state index is 0.0849. The van der Waals surface area contributed by atoms with E-state index >= 15 is 0 Å². The molecule has 24 heteroatoms. The average molecular weight is 1130 g/mol. The number of aliphatic hydroxyl groups excluding tert-OH is 12. The van der Waals surface area contributed by atoms with Gasteiger partial charge in [-0.15, -0.1) is 0 Å². The fourth-order valence-corrected chi connectivity index (χ4v) is 16.2. The smallest absolute Gasteiger partial charge is 0.335 e. The largest absolute Gasteiger partial charge is 0.479 e. The second-order valence-electron chi connectivity index (χ2n) is 25.5. The normalized spacial score (nSPS) is 50.6. The van der Waals surface area contributed by atoms with Gasteiger partial charge in [-0.3, -0.25) is 4.79 Å². The van der Waals surface area contributed by atoms with Gasteiger partial charge in [0.25, 0.3) is 0 Å². The molecule has 0 aromatic heterocycles. The van der Waals surface area contributed by atoms with Gasteiger partial charge in [-0.25, -0.2) is 9.59 Å². The van der Waals surface area contributed by atoms with E-state index in [1.54, 1.807) is 19.9 Å². The Bertz CT molecular complexity index is 2290. The van der Waals surface area contributed by atoms with E-state index in [4.69, 9.17) is 37.9 Å². The molecule has 3 heterocycles. The predicted octanol–water partition coefficient (Wildman–Crippen LogP) is -1.32. The molecule has 4 saturated carbocycles. The number of allylic oxidation sites excluding steroid dienone is 3. The molecule has 450 valence electrons. The first-order valence-electron chi connectivity index (χ1n) is 27.7. The number of hydrogen-bond donors (Lipinski definition) is 13. The van der Waals surface area contributed by atoms with Crippen LogP contribution in [0.15, 0.2) is 23.3 Å². The van der Waals surface area contributed by atoms with Gasteiger partial charge in [0.15, 0.2) is 25.0 Å². The van der Waals surface area contributed by atoms with E-state index < -0.39 is 199 Å². The summed E-state index contributed by atoms with van der Waals surface area (Å²) in [6.07, 6.45) is -26.5. The van der Waals surface area contributed by atoms with Gasteiger partial charge < -0.3 is 104 Å². The lowest BCUT2D eigenvalue weighted by Crippen LogP contribution is -2.72. The van der Waals surface area contributed by atoms with Crippen LogP contribution >= 0.6 is 0 Å². The van der Waals surface area contributed by atoms with Crippen LogP contribution in [-0.4, -0.2) is 227 Å². The SMILES string of the molecule is C/C=C(\C)C(=O)OC1[C@H](OC(C)=O)[C@]2(CO)[C@H](O)C[C@]3(C)C(=CC[C@@H]4[C@@]5(C)CC[C@H](O[C@@H]6O[C@H](C(=O)O)[C@@H](O[C@@H]7O[C@H](CO)[C@@H](O)[C@H](O)[C@H]7O)[C@H](O)[C@H]6O[C@@H]6O[C@H](CO)[C@@H](O)[C@H](O)[C@H]6O)[C@](C)(CO)[C@@H]5CC[C@]43C)[C@@H]2CC1(C)C. The van der Waals surface area contributed by atoms with Crippen molar-refractivity contribution >= 4 is 17.9 Å². The summed E-state index contributed by atoms with van der Waals surface area (Å²) in [5.74, 6) is -3.88. The van der Waals surface area contributed by atoms with Crippen molar-refractivity contribution in [3.63, 3.8) is 0 Å². The third-order valence-electron chi connectivity index (χ3n) is 21.1. The van der Waals surface area contributed by atoms with Gasteiger partial charge in [0.2, 0.25) is 0 Å². The Morgan fingerprint density at radius 3 is 1.76 bits per heavy atom. The van der Waals surface area contributed by atoms with Crippen molar-refractivity contribution in [3.05, 3.63) is 23.3 Å². The Labute approximate surface area is 459 Å². The predicted molar refractivity (Wildman–Crippen MR) is 269 cm³/mol. The summed E-state index contributed by atoms with van der Waals surface area (Å²) in [5.41, 5.74) is -3.78. The zero-order valence-corrected chi connectivity index (χ0v) is 46.4. The Kier molecular flexibility index (Phi) is 17.8. The number of fused-ring (bicyclic) bond motifs is 7. The third kappa shape index (κ3) is 9.94. The van der Waals surface area contributed by atoms with Crippen LogP contribution in [0.25, 0.3) is 0 Å². The van der Waals surface area contributed by atoms with Crippen molar-refractivity contribution in [1.82, 2.24) is 0 Å². The summed E-state index contributed by atoms with van der Waals surface area (Å²) in [5, 5.41) is 143. The topological polar surface area (TPSA) is 388 Å². The highest BCUT2D eigenvalue weighted by atomic mass is 16.8. The summed E-state index contributed by atoms with van der Waals surface area (Å²) in [6.45, 7) is 14.1. The van der Waals surface area contributed by atoms with Crippen molar-refractivity contribution < 1.29 is 119 Å². The molecule has 3 aliphatic heterocycles. The molecule has 79 heavy (non-hydrogen) atoms. The van der Waals surface area contributed by atoms with Crippen molar-refractivity contribution in [2.24, 2.45) is 50.2 Å². The zero-order valence-electron chi connectivity index (χ0n) is 46.4. The number of carbonyl (C=O) groups is 3. The Balaban J connectivity index is 1.12. The number of carboxylic acid groups (broad SMARTS) is 1. The van der Waals surface area contributed by atoms with Crippen LogP contribution in [0.1, 0.15) is 107 Å². The second-order valence-corrected chi connectivity index (χ2v) is 25.5. The third-order valence-corrected chi connectivity index (χ3v) is 21.1. The van der Waals surface area contributed by atoms with Gasteiger partial charge >= 0.3 is 17.9 Å². The molecule has 5 aliphatic carbocycles. The number of hydrogen-bond acceptors (Lipinski definition) is 23. The van der Waals surface area contributed by atoms with Crippen molar-refractivity contribution in [2.75, 3.05) is 26.4 Å². The number of esters is 2. The Morgan fingerprint density at radius 2 is 1.24 bits per heavy atom. The number of carboxylic acids is 1. The van der Waals surface area contributed by atoms with Crippen LogP contribution in [0.2, 0.25) is 0 Å². The highest BCUT2D eigenvalue weighted by Gasteiger charge is 2.74. The molecule has 13 N–H and O–H groups in total. The molecule has 0 bridgehead atoms. The summed E-state index contributed by atoms with van der Waals surface area (Å²) in [4.78, 5) is 39.5. The summed E-state index contributed by atoms with van der Waals surface area (Å²) in [7, 11) is 0. The van der Waals surface area contributed by atoms with Gasteiger partial charge in [-0.1, -0.05) is 59.3 Å². The van der Waals surface area contributed by atoms with E-state index in [2.05, 4.69) is 26.8 Å². The fourth-order valence-electron chi connectivity index (χ4n) is 16.2. The molecule has 0 radical (unpaired) electrons. The van der Waals surface area contributed by atoms with Crippen molar-refractivity contribution in [2.45, 2.75) is 224 Å². The van der Waals surface area contributed by atoms with E-state index in [1.807, 2.05) is 20.8 Å². The minimum Gasteiger partial charge on any atom is -0.479 e. The number of carbonyl (C=O) groups excluding carboxylic acids is 2. The lowest BCUT2D eigenvalue weighted by Gasteiger charge is -2.72. The van der Waals surface area contributed by atoms with Gasteiger partial charge in [-0.05, 0) is 92.8 Å². The number of ether oxygens (including phenoxy) is 8. The van der Waals surface area contributed by atoms with Crippen LogP contribution in [0.4, 0.5) is 0 Å². The van der Waals surface area contributed by atoms with E-state index in [-0.39, 0.29) is 24.7 Å². The van der Waals surface area contributed by atoms with Crippen LogP contribution in [0.5, 0.6) is 0 Å². The van der Waals surface area contributed by atoms with Crippen molar-refractivity contribution in [1.29, 1.82) is 0 Å². The fraction of sp³-hybridized carbons (Fsp3) is 0.873. The lowest BCUT2D eigenvalue weighted by molar-refractivity contribution is -0.392. The van der Waals surface area contributed by atoms with E-state index in [0.717, 1.165) is 5.57 Å². The monoisotopic (exact) mass is 1130 g/mol.